The van der Waals surface area contributed by atoms with Gasteiger partial charge in [-0.3, -0.25) is 13.9 Å². The summed E-state index contributed by atoms with van der Waals surface area (Å²) in [4.78, 5) is 22.0. The standard InChI is InChI=1S/C11H17N3O5S/c15-10(16)5-6-12-20(18)7-8-3-1-2-4-9-13-19-11(17)14(8)9/h8,12H,1-7H2,(H,15,16). The minimum atomic E-state index is -1.38. The van der Waals surface area contributed by atoms with E-state index in [0.29, 0.717) is 12.2 Å². The van der Waals surface area contributed by atoms with Crippen LogP contribution in [0.2, 0.25) is 0 Å². The molecule has 112 valence electrons. The molecular weight excluding hydrogens is 286 g/mol. The molecule has 0 saturated carbocycles. The Kier molecular flexibility index (Phi) is 5.07. The van der Waals surface area contributed by atoms with Gasteiger partial charge < -0.3 is 5.11 Å². The van der Waals surface area contributed by atoms with E-state index < -0.39 is 22.7 Å². The number of nitrogens with one attached hydrogen (secondary N) is 1. The van der Waals surface area contributed by atoms with Crippen LogP contribution in [0.25, 0.3) is 0 Å². The van der Waals surface area contributed by atoms with Crippen LogP contribution in [0.15, 0.2) is 9.32 Å². The highest BCUT2D eigenvalue weighted by Gasteiger charge is 2.24. The van der Waals surface area contributed by atoms with Crippen molar-refractivity contribution in [2.24, 2.45) is 0 Å². The summed E-state index contributed by atoms with van der Waals surface area (Å²) in [6, 6.07) is -0.218. The molecule has 1 aliphatic heterocycles. The number of nitrogens with zero attached hydrogens (tertiary/aromatic N) is 2. The number of hydrogen-bond donors (Lipinski definition) is 2. The molecule has 0 spiro atoms. The van der Waals surface area contributed by atoms with Crippen LogP contribution in [0.4, 0.5) is 0 Å². The maximum absolute atomic E-state index is 11.9. The second kappa shape index (κ2) is 6.80. The number of carboxylic acids is 1. The lowest BCUT2D eigenvalue weighted by atomic mass is 10.1. The number of carbonyl (C=O) groups is 1. The summed E-state index contributed by atoms with van der Waals surface area (Å²) < 4.78 is 20.7. The molecule has 0 aliphatic carbocycles. The van der Waals surface area contributed by atoms with Crippen LogP contribution in [0.3, 0.4) is 0 Å². The maximum atomic E-state index is 11.9. The Morgan fingerprint density at radius 3 is 3.10 bits per heavy atom. The van der Waals surface area contributed by atoms with Crippen molar-refractivity contribution >= 4 is 17.0 Å². The summed E-state index contributed by atoms with van der Waals surface area (Å²) in [5, 5.41) is 12.3. The van der Waals surface area contributed by atoms with Crippen LogP contribution in [0, 0.1) is 0 Å². The van der Waals surface area contributed by atoms with Crippen molar-refractivity contribution in [3.8, 4) is 0 Å². The van der Waals surface area contributed by atoms with Crippen LogP contribution in [-0.2, 0) is 22.2 Å². The second-order valence-corrected chi connectivity index (χ2v) is 6.00. The van der Waals surface area contributed by atoms with E-state index in [2.05, 4.69) is 14.4 Å². The molecule has 0 amide bonds. The normalized spacial score (nSPS) is 20.1. The fourth-order valence-electron chi connectivity index (χ4n) is 2.27. The first-order chi connectivity index (χ1) is 9.58. The smallest absolute Gasteiger partial charge is 0.441 e. The molecular formula is C11H17N3O5S. The molecule has 1 aromatic rings. The monoisotopic (exact) mass is 303 g/mol. The first-order valence-electron chi connectivity index (χ1n) is 6.48. The molecule has 0 aromatic carbocycles. The highest BCUT2D eigenvalue weighted by molar-refractivity contribution is 7.83. The number of fused-ring (bicyclic) bond motifs is 1. The van der Waals surface area contributed by atoms with Crippen LogP contribution in [0.1, 0.15) is 37.5 Å². The van der Waals surface area contributed by atoms with E-state index in [9.17, 15) is 13.8 Å². The van der Waals surface area contributed by atoms with Crippen molar-refractivity contribution < 1.29 is 18.6 Å². The third-order valence-electron chi connectivity index (χ3n) is 3.20. The molecule has 1 aliphatic rings. The largest absolute Gasteiger partial charge is 0.481 e. The summed E-state index contributed by atoms with van der Waals surface area (Å²) in [6.45, 7) is 0.139. The maximum Gasteiger partial charge on any atom is 0.441 e. The SMILES string of the molecule is O=C(O)CCNS(=O)CC1CCCCc2noc(=O)n21. The van der Waals surface area contributed by atoms with Gasteiger partial charge in [0.2, 0.25) is 0 Å². The Balaban J connectivity index is 1.98. The van der Waals surface area contributed by atoms with Crippen LogP contribution >= 0.6 is 0 Å². The van der Waals surface area contributed by atoms with E-state index in [1.807, 2.05) is 0 Å². The molecule has 2 atom stereocenters. The topological polar surface area (TPSA) is 114 Å². The Morgan fingerprint density at radius 1 is 1.55 bits per heavy atom. The molecule has 1 aromatic heterocycles. The minimum absolute atomic E-state index is 0.0884. The molecule has 0 bridgehead atoms. The Hall–Kier alpha value is -1.48. The van der Waals surface area contributed by atoms with Crippen LogP contribution in [-0.4, -0.2) is 37.3 Å². The van der Waals surface area contributed by atoms with Crippen molar-refractivity contribution in [3.05, 3.63) is 16.4 Å². The summed E-state index contributed by atoms with van der Waals surface area (Å²) >= 11 is 0. The number of rotatable bonds is 6. The van der Waals surface area contributed by atoms with E-state index in [4.69, 9.17) is 5.11 Å². The quantitative estimate of drug-likeness (QED) is 0.754. The van der Waals surface area contributed by atoms with Crippen molar-refractivity contribution in [3.63, 3.8) is 0 Å². The van der Waals surface area contributed by atoms with Crippen molar-refractivity contribution in [2.75, 3.05) is 12.3 Å². The molecule has 2 rings (SSSR count). The third-order valence-corrected chi connectivity index (χ3v) is 4.42. The van der Waals surface area contributed by atoms with E-state index in [1.165, 1.54) is 4.57 Å². The Labute approximate surface area is 117 Å². The highest BCUT2D eigenvalue weighted by Crippen LogP contribution is 2.21. The predicted octanol–water partition coefficient (Wildman–Crippen LogP) is -0.168. The Bertz CT molecular complexity index is 552. The van der Waals surface area contributed by atoms with Gasteiger partial charge in [0.25, 0.3) is 0 Å². The van der Waals surface area contributed by atoms with Gasteiger partial charge in [0.15, 0.2) is 5.82 Å². The summed E-state index contributed by atoms with van der Waals surface area (Å²) in [7, 11) is -1.38. The molecule has 9 heteroatoms. The van der Waals surface area contributed by atoms with Crippen molar-refractivity contribution in [1.29, 1.82) is 0 Å². The zero-order valence-electron chi connectivity index (χ0n) is 10.9. The molecule has 20 heavy (non-hydrogen) atoms. The number of aromatic nitrogens is 2. The minimum Gasteiger partial charge on any atom is -0.481 e. The van der Waals surface area contributed by atoms with Gasteiger partial charge in [0, 0.05) is 13.0 Å². The molecule has 2 N–H and O–H groups in total. The molecule has 2 heterocycles. The summed E-state index contributed by atoms with van der Waals surface area (Å²) in [6.07, 6.45) is 3.18. The molecule has 8 nitrogen and oxygen atoms in total. The lowest BCUT2D eigenvalue weighted by molar-refractivity contribution is -0.136. The van der Waals surface area contributed by atoms with Crippen LogP contribution < -0.4 is 10.5 Å². The molecule has 2 unspecified atom stereocenters. The van der Waals surface area contributed by atoms with Crippen LogP contribution in [0.5, 0.6) is 0 Å². The second-order valence-electron chi connectivity index (χ2n) is 4.68. The van der Waals surface area contributed by atoms with Gasteiger partial charge >= 0.3 is 11.7 Å². The molecule has 0 fully saturated rings. The zero-order chi connectivity index (χ0) is 14.5. The van der Waals surface area contributed by atoms with Gasteiger partial charge in [0.1, 0.15) is 0 Å². The number of carboxylic acid groups (broad SMARTS) is 1. The van der Waals surface area contributed by atoms with Gasteiger partial charge in [-0.15, -0.1) is 0 Å². The average molecular weight is 303 g/mol. The number of hydrogen-bond acceptors (Lipinski definition) is 5. The van der Waals surface area contributed by atoms with Gasteiger partial charge in [-0.2, -0.15) is 0 Å². The van der Waals surface area contributed by atoms with Crippen molar-refractivity contribution in [1.82, 2.24) is 14.4 Å². The number of aliphatic carboxylic acids is 1. The molecule has 0 radical (unpaired) electrons. The van der Waals surface area contributed by atoms with Gasteiger partial charge in [-0.25, -0.2) is 13.7 Å². The lowest BCUT2D eigenvalue weighted by Crippen LogP contribution is -2.31. The lowest BCUT2D eigenvalue weighted by Gasteiger charge is -2.15. The first kappa shape index (κ1) is 14.9. The third kappa shape index (κ3) is 3.76. The summed E-state index contributed by atoms with van der Waals surface area (Å²) in [5.74, 6) is -0.621. The van der Waals surface area contributed by atoms with Gasteiger partial charge in [-0.1, -0.05) is 11.6 Å². The van der Waals surface area contributed by atoms with Gasteiger partial charge in [0.05, 0.1) is 29.2 Å². The first-order valence-corrected chi connectivity index (χ1v) is 7.80. The van der Waals surface area contributed by atoms with Gasteiger partial charge in [-0.05, 0) is 12.8 Å². The zero-order valence-corrected chi connectivity index (χ0v) is 11.7. The predicted molar refractivity (Wildman–Crippen MR) is 70.6 cm³/mol. The molecule has 0 saturated heterocycles. The van der Waals surface area contributed by atoms with E-state index >= 15 is 0 Å². The van der Waals surface area contributed by atoms with E-state index in [-0.39, 0.29) is 24.8 Å². The average Bonchev–Trinajstić information content (AvgIpc) is 2.62. The van der Waals surface area contributed by atoms with Crippen molar-refractivity contribution in [2.45, 2.75) is 38.1 Å². The fourth-order valence-corrected chi connectivity index (χ4v) is 3.38. The summed E-state index contributed by atoms with van der Waals surface area (Å²) in [5.41, 5.74) is 0. The van der Waals surface area contributed by atoms with E-state index in [1.54, 1.807) is 0 Å². The highest BCUT2D eigenvalue weighted by atomic mass is 32.2. The van der Waals surface area contributed by atoms with E-state index in [0.717, 1.165) is 19.3 Å². The number of aryl methyl sites for hydroxylation is 1. The Morgan fingerprint density at radius 2 is 2.35 bits per heavy atom. The fraction of sp³-hybridized carbons (Fsp3) is 0.727.